The van der Waals surface area contributed by atoms with E-state index in [2.05, 4.69) is 10.6 Å². The molecule has 0 bridgehead atoms. The van der Waals surface area contributed by atoms with E-state index in [9.17, 15) is 4.79 Å². The van der Waals surface area contributed by atoms with Crippen molar-refractivity contribution in [2.24, 2.45) is 0 Å². The van der Waals surface area contributed by atoms with E-state index in [-0.39, 0.29) is 18.2 Å². The molecule has 0 radical (unpaired) electrons. The van der Waals surface area contributed by atoms with E-state index >= 15 is 0 Å². The number of methoxy groups -OCH3 is 1. The van der Waals surface area contributed by atoms with Gasteiger partial charge in [0.05, 0.1) is 6.61 Å². The van der Waals surface area contributed by atoms with Crippen LogP contribution in [0.4, 0.5) is 4.79 Å². The smallest absolute Gasteiger partial charge is 0.315 e. The number of urea groups is 1. The van der Waals surface area contributed by atoms with Crippen LogP contribution >= 0.6 is 0 Å². The number of aliphatic hydroxyl groups excluding tert-OH is 1. The normalized spacial score (nSPS) is 14.4. The standard InChI is InChI=1S/C10H22N2O3/c1-4-10(2,5-7-13)12-9(14)11-6-8-15-3/h13H,4-8H2,1-3H3,(H2,11,12,14)/t10-/m0/s1. The van der Waals surface area contributed by atoms with Crippen LogP contribution in [0.2, 0.25) is 0 Å². The monoisotopic (exact) mass is 218 g/mol. The van der Waals surface area contributed by atoms with Gasteiger partial charge in [0.15, 0.2) is 0 Å². The van der Waals surface area contributed by atoms with E-state index in [1.807, 2.05) is 13.8 Å². The molecule has 1 atom stereocenters. The molecule has 15 heavy (non-hydrogen) atoms. The Morgan fingerprint density at radius 2 is 2.20 bits per heavy atom. The quantitative estimate of drug-likeness (QED) is 0.544. The van der Waals surface area contributed by atoms with Gasteiger partial charge in [-0.15, -0.1) is 0 Å². The molecule has 0 aromatic rings. The van der Waals surface area contributed by atoms with Crippen LogP contribution in [-0.4, -0.2) is 43.5 Å². The van der Waals surface area contributed by atoms with Crippen LogP contribution in [-0.2, 0) is 4.74 Å². The number of hydrogen-bond donors (Lipinski definition) is 3. The maximum Gasteiger partial charge on any atom is 0.315 e. The molecule has 2 amide bonds. The van der Waals surface area contributed by atoms with Crippen LogP contribution in [0.5, 0.6) is 0 Å². The Balaban J connectivity index is 3.90. The molecule has 5 heteroatoms. The lowest BCUT2D eigenvalue weighted by atomic mass is 9.95. The van der Waals surface area contributed by atoms with Crippen molar-refractivity contribution >= 4 is 6.03 Å². The molecule has 90 valence electrons. The molecule has 0 saturated heterocycles. The van der Waals surface area contributed by atoms with Gasteiger partial charge in [-0.3, -0.25) is 0 Å². The predicted octanol–water partition coefficient (Wildman–Crippen LogP) is 0.483. The first-order valence-electron chi connectivity index (χ1n) is 5.24. The van der Waals surface area contributed by atoms with Crippen molar-refractivity contribution in [3.8, 4) is 0 Å². The van der Waals surface area contributed by atoms with Gasteiger partial charge in [0.1, 0.15) is 0 Å². The number of aliphatic hydroxyl groups is 1. The van der Waals surface area contributed by atoms with Crippen molar-refractivity contribution in [2.75, 3.05) is 26.9 Å². The van der Waals surface area contributed by atoms with Crippen molar-refractivity contribution in [3.63, 3.8) is 0 Å². The van der Waals surface area contributed by atoms with Crippen molar-refractivity contribution in [1.29, 1.82) is 0 Å². The second-order valence-corrected chi connectivity index (χ2v) is 3.76. The van der Waals surface area contributed by atoms with Crippen molar-refractivity contribution in [2.45, 2.75) is 32.2 Å². The fourth-order valence-electron chi connectivity index (χ4n) is 1.16. The average Bonchev–Trinajstić information content (AvgIpc) is 2.18. The minimum atomic E-state index is -0.341. The first kappa shape index (κ1) is 14.2. The Morgan fingerprint density at radius 1 is 1.53 bits per heavy atom. The minimum absolute atomic E-state index is 0.0721. The average molecular weight is 218 g/mol. The molecule has 0 fully saturated rings. The summed E-state index contributed by atoms with van der Waals surface area (Å²) in [5, 5.41) is 14.4. The van der Waals surface area contributed by atoms with Crippen LogP contribution in [0.3, 0.4) is 0 Å². The van der Waals surface area contributed by atoms with Crippen LogP contribution in [0.15, 0.2) is 0 Å². The summed E-state index contributed by atoms with van der Waals surface area (Å²) in [4.78, 5) is 11.4. The first-order chi connectivity index (χ1) is 7.08. The van der Waals surface area contributed by atoms with E-state index in [0.29, 0.717) is 19.6 Å². The second-order valence-electron chi connectivity index (χ2n) is 3.76. The number of ether oxygens (including phenoxy) is 1. The van der Waals surface area contributed by atoms with Gasteiger partial charge in [-0.05, 0) is 19.8 Å². The largest absolute Gasteiger partial charge is 0.396 e. The van der Waals surface area contributed by atoms with Crippen molar-refractivity contribution < 1.29 is 14.6 Å². The fourth-order valence-corrected chi connectivity index (χ4v) is 1.16. The second kappa shape index (κ2) is 7.48. The molecule has 0 aromatic heterocycles. The van der Waals surface area contributed by atoms with E-state index in [1.165, 1.54) is 0 Å². The van der Waals surface area contributed by atoms with Crippen molar-refractivity contribution in [3.05, 3.63) is 0 Å². The van der Waals surface area contributed by atoms with Gasteiger partial charge in [-0.2, -0.15) is 0 Å². The molecule has 0 unspecified atom stereocenters. The third-order valence-corrected chi connectivity index (χ3v) is 2.45. The van der Waals surface area contributed by atoms with E-state index < -0.39 is 0 Å². The summed E-state index contributed by atoms with van der Waals surface area (Å²) in [5.41, 5.74) is -0.341. The zero-order valence-corrected chi connectivity index (χ0v) is 9.80. The minimum Gasteiger partial charge on any atom is -0.396 e. The third kappa shape index (κ3) is 6.30. The summed E-state index contributed by atoms with van der Waals surface area (Å²) in [7, 11) is 1.58. The fraction of sp³-hybridized carbons (Fsp3) is 0.900. The summed E-state index contributed by atoms with van der Waals surface area (Å²) < 4.78 is 4.81. The van der Waals surface area contributed by atoms with Crippen LogP contribution in [0.25, 0.3) is 0 Å². The topological polar surface area (TPSA) is 70.6 Å². The molecule has 0 aliphatic carbocycles. The number of carbonyl (C=O) groups excluding carboxylic acids is 1. The lowest BCUT2D eigenvalue weighted by Crippen LogP contribution is -2.50. The van der Waals surface area contributed by atoms with E-state index in [0.717, 1.165) is 6.42 Å². The molecule has 0 aliphatic rings. The van der Waals surface area contributed by atoms with Gasteiger partial charge in [0, 0.05) is 25.8 Å². The summed E-state index contributed by atoms with van der Waals surface area (Å²) in [6.45, 7) is 4.95. The SMILES string of the molecule is CC[C@@](C)(CCO)NC(=O)NCCOC. The molecule has 0 aromatic carbocycles. The van der Waals surface area contributed by atoms with Crippen molar-refractivity contribution in [1.82, 2.24) is 10.6 Å². The van der Waals surface area contributed by atoms with Gasteiger partial charge in [0.25, 0.3) is 0 Å². The molecule has 5 nitrogen and oxygen atoms in total. The number of amides is 2. The Morgan fingerprint density at radius 3 is 2.67 bits per heavy atom. The van der Waals surface area contributed by atoms with Crippen LogP contribution in [0, 0.1) is 0 Å². The molecular weight excluding hydrogens is 196 g/mol. The third-order valence-electron chi connectivity index (χ3n) is 2.45. The highest BCUT2D eigenvalue weighted by atomic mass is 16.5. The van der Waals surface area contributed by atoms with Gasteiger partial charge >= 0.3 is 6.03 Å². The Bertz CT molecular complexity index is 188. The molecule has 0 rings (SSSR count). The van der Waals surface area contributed by atoms with E-state index in [4.69, 9.17) is 9.84 Å². The van der Waals surface area contributed by atoms with Gasteiger partial charge in [-0.1, -0.05) is 6.92 Å². The summed E-state index contributed by atoms with van der Waals surface area (Å²) in [6, 6.07) is -0.218. The number of rotatable bonds is 7. The van der Waals surface area contributed by atoms with E-state index in [1.54, 1.807) is 7.11 Å². The molecule has 0 saturated carbocycles. The highest BCUT2D eigenvalue weighted by molar-refractivity contribution is 5.74. The van der Waals surface area contributed by atoms with Crippen LogP contribution < -0.4 is 10.6 Å². The molecule has 3 N–H and O–H groups in total. The summed E-state index contributed by atoms with van der Waals surface area (Å²) >= 11 is 0. The summed E-state index contributed by atoms with van der Waals surface area (Å²) in [6.07, 6.45) is 1.34. The van der Waals surface area contributed by atoms with Crippen LogP contribution in [0.1, 0.15) is 26.7 Å². The maximum atomic E-state index is 11.4. The van der Waals surface area contributed by atoms with Gasteiger partial charge < -0.3 is 20.5 Å². The number of nitrogens with one attached hydrogen (secondary N) is 2. The molecule has 0 aliphatic heterocycles. The highest BCUT2D eigenvalue weighted by Gasteiger charge is 2.23. The number of hydrogen-bond acceptors (Lipinski definition) is 3. The lowest BCUT2D eigenvalue weighted by Gasteiger charge is -2.28. The zero-order chi connectivity index (χ0) is 11.7. The Hall–Kier alpha value is -0.810. The zero-order valence-electron chi connectivity index (χ0n) is 9.80. The Kier molecular flexibility index (Phi) is 7.07. The highest BCUT2D eigenvalue weighted by Crippen LogP contribution is 2.13. The predicted molar refractivity (Wildman–Crippen MR) is 58.8 cm³/mol. The molecule has 0 heterocycles. The summed E-state index contributed by atoms with van der Waals surface area (Å²) in [5.74, 6) is 0. The molecule has 0 spiro atoms. The maximum absolute atomic E-state index is 11.4. The lowest BCUT2D eigenvalue weighted by molar-refractivity contribution is 0.186. The molecular formula is C10H22N2O3. The number of carbonyl (C=O) groups is 1. The van der Waals surface area contributed by atoms with Gasteiger partial charge in [-0.25, -0.2) is 4.79 Å². The van der Waals surface area contributed by atoms with Gasteiger partial charge in [0.2, 0.25) is 0 Å². The Labute approximate surface area is 91.2 Å². The first-order valence-corrected chi connectivity index (χ1v) is 5.24.